The Bertz CT molecular complexity index is 907. The minimum atomic E-state index is 0.987. The molecule has 0 radical (unpaired) electrons. The van der Waals surface area contributed by atoms with Gasteiger partial charge in [-0.1, -0.05) is 93.6 Å². The molecule has 0 amide bonds. The van der Waals surface area contributed by atoms with E-state index in [-0.39, 0.29) is 0 Å². The van der Waals surface area contributed by atoms with Gasteiger partial charge in [0, 0.05) is 0 Å². The van der Waals surface area contributed by atoms with E-state index < -0.39 is 0 Å². The van der Waals surface area contributed by atoms with Crippen molar-refractivity contribution in [2.45, 2.75) is 41.0 Å². The molecule has 0 aromatic heterocycles. The summed E-state index contributed by atoms with van der Waals surface area (Å²) < 4.78 is 0. The number of hydrogen-bond donors (Lipinski definition) is 0. The Kier molecular flexibility index (Phi) is 8.58. The summed E-state index contributed by atoms with van der Waals surface area (Å²) in [6, 6.07) is 14.9. The second-order valence-corrected chi connectivity index (χ2v) is 6.83. The highest BCUT2D eigenvalue weighted by Crippen LogP contribution is 2.18. The monoisotopic (exact) mass is 344 g/mol. The summed E-state index contributed by atoms with van der Waals surface area (Å²) in [4.78, 5) is 0. The Morgan fingerprint density at radius 2 is 1.58 bits per heavy atom. The van der Waals surface area contributed by atoms with Crippen LogP contribution in [0.15, 0.2) is 78.4 Å². The highest BCUT2D eigenvalue weighted by atomic mass is 14.0. The van der Waals surface area contributed by atoms with Crippen molar-refractivity contribution in [1.29, 1.82) is 0 Å². The van der Waals surface area contributed by atoms with Crippen molar-refractivity contribution >= 4 is 12.7 Å². The summed E-state index contributed by atoms with van der Waals surface area (Å²) in [6.07, 6.45) is 5.37. The second-order valence-electron chi connectivity index (χ2n) is 6.83. The lowest BCUT2D eigenvalue weighted by Crippen LogP contribution is -2.22. The first-order valence-corrected chi connectivity index (χ1v) is 9.19. The molecule has 0 heteroatoms. The zero-order valence-electron chi connectivity index (χ0n) is 17.0. The van der Waals surface area contributed by atoms with E-state index >= 15 is 0 Å². The van der Waals surface area contributed by atoms with Crippen LogP contribution in [-0.2, 0) is 0 Å². The van der Waals surface area contributed by atoms with Gasteiger partial charge in [-0.2, -0.15) is 0 Å². The van der Waals surface area contributed by atoms with Crippen molar-refractivity contribution in [2.24, 2.45) is 0 Å². The smallest absolute Gasteiger partial charge is 0.0178 e. The number of allylic oxidation sites excluding steroid dienone is 4. The second kappa shape index (κ2) is 10.4. The van der Waals surface area contributed by atoms with Crippen LogP contribution >= 0.6 is 0 Å². The van der Waals surface area contributed by atoms with Gasteiger partial charge in [0.15, 0.2) is 0 Å². The summed E-state index contributed by atoms with van der Waals surface area (Å²) in [5, 5.41) is 2.11. The predicted octanol–water partition coefficient (Wildman–Crippen LogP) is 6.35. The van der Waals surface area contributed by atoms with Crippen LogP contribution < -0.4 is 10.4 Å². The Balaban J connectivity index is 0.00000105. The minimum absolute atomic E-state index is 0.987. The summed E-state index contributed by atoms with van der Waals surface area (Å²) >= 11 is 0. The van der Waals surface area contributed by atoms with E-state index in [0.717, 1.165) is 27.2 Å². The van der Waals surface area contributed by atoms with E-state index in [9.17, 15) is 0 Å². The fourth-order valence-electron chi connectivity index (χ4n) is 2.51. The molecule has 0 spiro atoms. The fourth-order valence-corrected chi connectivity index (χ4v) is 2.51. The molecule has 0 saturated carbocycles. The van der Waals surface area contributed by atoms with E-state index in [0.29, 0.717) is 0 Å². The number of benzene rings is 2. The first-order chi connectivity index (χ1) is 12.3. The van der Waals surface area contributed by atoms with Crippen molar-refractivity contribution < 1.29 is 0 Å². The molecular formula is C26H32. The van der Waals surface area contributed by atoms with Gasteiger partial charge in [0.1, 0.15) is 0 Å². The number of aryl methyl sites for hydroxylation is 1. The molecule has 0 aliphatic heterocycles. The maximum absolute atomic E-state index is 4.19. The Labute approximate surface area is 159 Å². The molecule has 0 atom stereocenters. The van der Waals surface area contributed by atoms with Gasteiger partial charge in [0.25, 0.3) is 0 Å². The van der Waals surface area contributed by atoms with Crippen molar-refractivity contribution in [3.05, 3.63) is 94.4 Å². The van der Waals surface area contributed by atoms with Crippen LogP contribution in [0, 0.1) is 6.92 Å². The van der Waals surface area contributed by atoms with Crippen LogP contribution in [0.1, 0.15) is 39.7 Å². The highest BCUT2D eigenvalue weighted by Gasteiger charge is 1.99. The molecule has 0 aliphatic rings. The summed E-state index contributed by atoms with van der Waals surface area (Å²) in [6.45, 7) is 22.6. The van der Waals surface area contributed by atoms with Crippen LogP contribution in [0.2, 0.25) is 0 Å². The van der Waals surface area contributed by atoms with E-state index in [1.165, 1.54) is 23.1 Å². The lowest BCUT2D eigenvalue weighted by atomic mass is 10.0. The Hall–Kier alpha value is -2.60. The van der Waals surface area contributed by atoms with Gasteiger partial charge in [-0.15, -0.1) is 0 Å². The van der Waals surface area contributed by atoms with Crippen LogP contribution in [0.3, 0.4) is 0 Å². The molecule has 26 heavy (non-hydrogen) atoms. The van der Waals surface area contributed by atoms with E-state index in [2.05, 4.69) is 96.0 Å². The zero-order valence-corrected chi connectivity index (χ0v) is 17.0. The molecular weight excluding hydrogens is 312 g/mol. The van der Waals surface area contributed by atoms with Crippen LogP contribution in [0.4, 0.5) is 0 Å². The Morgan fingerprint density at radius 1 is 0.962 bits per heavy atom. The first-order valence-electron chi connectivity index (χ1n) is 9.19. The molecule has 0 nitrogen and oxygen atoms in total. The van der Waals surface area contributed by atoms with Crippen LogP contribution in [0.5, 0.6) is 0 Å². The van der Waals surface area contributed by atoms with Crippen LogP contribution in [0.25, 0.3) is 23.8 Å². The number of hydrogen-bond acceptors (Lipinski definition) is 0. The molecule has 2 rings (SSSR count). The number of rotatable bonds is 4. The van der Waals surface area contributed by atoms with Gasteiger partial charge >= 0.3 is 0 Å². The van der Waals surface area contributed by atoms with Gasteiger partial charge in [0.05, 0.1) is 0 Å². The Morgan fingerprint density at radius 3 is 2.12 bits per heavy atom. The summed E-state index contributed by atoms with van der Waals surface area (Å²) in [5.74, 6) is 0. The van der Waals surface area contributed by atoms with Gasteiger partial charge in [-0.3, -0.25) is 0 Å². The van der Waals surface area contributed by atoms with E-state index in [4.69, 9.17) is 0 Å². The van der Waals surface area contributed by atoms with Crippen molar-refractivity contribution in [2.75, 3.05) is 0 Å². The SMILES string of the molecule is C=C(C)/C=C(\C)C(=C)/C=c1/ccc(-c2cccc(C)c2)cc1=C.CCC. The lowest BCUT2D eigenvalue weighted by Gasteiger charge is -2.04. The topological polar surface area (TPSA) is 0 Å². The maximum atomic E-state index is 4.19. The third-order valence-corrected chi connectivity index (χ3v) is 3.79. The quantitative estimate of drug-likeness (QED) is 0.567. The van der Waals surface area contributed by atoms with E-state index in [1.54, 1.807) is 0 Å². The van der Waals surface area contributed by atoms with Gasteiger partial charge < -0.3 is 0 Å². The highest BCUT2D eigenvalue weighted by molar-refractivity contribution is 5.65. The molecule has 0 heterocycles. The molecule has 0 fully saturated rings. The normalized spacial score (nSPS) is 11.6. The predicted molar refractivity (Wildman–Crippen MR) is 120 cm³/mol. The fraction of sp³-hybridized carbons (Fsp3) is 0.231. The molecule has 0 unspecified atom stereocenters. The van der Waals surface area contributed by atoms with Crippen LogP contribution in [-0.4, -0.2) is 0 Å². The molecule has 0 N–H and O–H groups in total. The van der Waals surface area contributed by atoms with Gasteiger partial charge in [-0.25, -0.2) is 0 Å². The van der Waals surface area contributed by atoms with Crippen molar-refractivity contribution in [3.63, 3.8) is 0 Å². The zero-order chi connectivity index (χ0) is 19.7. The van der Waals surface area contributed by atoms with Gasteiger partial charge in [0.2, 0.25) is 0 Å². The molecule has 2 aromatic carbocycles. The van der Waals surface area contributed by atoms with E-state index in [1.807, 2.05) is 13.0 Å². The molecule has 0 bridgehead atoms. The maximum Gasteiger partial charge on any atom is -0.0178 e. The average molecular weight is 345 g/mol. The molecule has 136 valence electrons. The average Bonchev–Trinajstić information content (AvgIpc) is 2.56. The largest absolute Gasteiger partial charge is 0.0961 e. The van der Waals surface area contributed by atoms with Gasteiger partial charge in [-0.05, 0) is 65.6 Å². The molecule has 0 saturated heterocycles. The summed E-state index contributed by atoms with van der Waals surface area (Å²) in [5.41, 5.74) is 6.81. The molecule has 2 aromatic rings. The minimum Gasteiger partial charge on any atom is -0.0961 e. The first kappa shape index (κ1) is 21.4. The standard InChI is InChI=1S/C23H24.C3H8/c1-16(2)12-18(4)19(5)14-21-10-11-23(15-20(21)6)22-9-7-8-17(3)13-22;1-3-2/h7-15H,1,5-6H2,2-4H3;3H2,1-2H3/b18-12+,21-14-;. The van der Waals surface area contributed by atoms with Crippen molar-refractivity contribution in [3.8, 4) is 11.1 Å². The third kappa shape index (κ3) is 6.72. The lowest BCUT2D eigenvalue weighted by molar-refractivity contribution is 1.09. The molecule has 0 aliphatic carbocycles. The summed E-state index contributed by atoms with van der Waals surface area (Å²) in [7, 11) is 0. The van der Waals surface area contributed by atoms with Crippen molar-refractivity contribution in [1.82, 2.24) is 0 Å². The third-order valence-electron chi connectivity index (χ3n) is 3.79.